The fourth-order valence-corrected chi connectivity index (χ4v) is 2.71. The lowest BCUT2D eigenvalue weighted by molar-refractivity contribution is -0.154. The molecule has 1 rings (SSSR count). The molecule has 8 nitrogen and oxygen atoms in total. The molecule has 0 bridgehead atoms. The second-order valence-corrected chi connectivity index (χ2v) is 7.63. The molecule has 0 fully saturated rings. The van der Waals surface area contributed by atoms with Gasteiger partial charge in [0, 0.05) is 6.54 Å². The van der Waals surface area contributed by atoms with Crippen molar-refractivity contribution in [3.8, 4) is 5.75 Å². The summed E-state index contributed by atoms with van der Waals surface area (Å²) < 4.78 is 15.2. The van der Waals surface area contributed by atoms with Crippen molar-refractivity contribution < 1.29 is 28.6 Å². The van der Waals surface area contributed by atoms with Crippen molar-refractivity contribution >= 4 is 18.0 Å². The van der Waals surface area contributed by atoms with Gasteiger partial charge in [-0.05, 0) is 51.8 Å². The van der Waals surface area contributed by atoms with Gasteiger partial charge in [0.25, 0.3) is 0 Å². The lowest BCUT2D eigenvalue weighted by Gasteiger charge is -2.32. The molecule has 2 atom stereocenters. The van der Waals surface area contributed by atoms with Crippen LogP contribution in [0.4, 0.5) is 4.79 Å². The fraction of sp³-hybridized carbons (Fsp3) is 0.571. The Morgan fingerprint density at radius 1 is 1.10 bits per heavy atom. The van der Waals surface area contributed by atoms with Gasteiger partial charge in [0.1, 0.15) is 23.4 Å². The predicted molar refractivity (Wildman–Crippen MR) is 108 cm³/mol. The molecular formula is C21H32N2O6. The van der Waals surface area contributed by atoms with Crippen LogP contribution in [0, 0.1) is 0 Å². The van der Waals surface area contributed by atoms with Gasteiger partial charge < -0.3 is 24.4 Å². The van der Waals surface area contributed by atoms with Gasteiger partial charge in [0.15, 0.2) is 0 Å². The van der Waals surface area contributed by atoms with Gasteiger partial charge in [-0.3, -0.25) is 4.79 Å². The van der Waals surface area contributed by atoms with Crippen LogP contribution in [0.3, 0.4) is 0 Å². The molecule has 0 aliphatic heterocycles. The fourth-order valence-electron chi connectivity index (χ4n) is 2.71. The number of nitrogens with zero attached hydrogens (tertiary/aromatic N) is 1. The zero-order chi connectivity index (χ0) is 22.2. The van der Waals surface area contributed by atoms with Crippen LogP contribution in [-0.2, 0) is 25.6 Å². The van der Waals surface area contributed by atoms with Gasteiger partial charge in [0.2, 0.25) is 5.91 Å². The number of ether oxygens (including phenoxy) is 3. The monoisotopic (exact) mass is 408 g/mol. The van der Waals surface area contributed by atoms with E-state index in [1.807, 2.05) is 12.1 Å². The van der Waals surface area contributed by atoms with Crippen LogP contribution in [0.15, 0.2) is 24.3 Å². The maximum atomic E-state index is 13.1. The second-order valence-electron chi connectivity index (χ2n) is 7.63. The third-order valence-electron chi connectivity index (χ3n) is 4.13. The van der Waals surface area contributed by atoms with Gasteiger partial charge in [-0.1, -0.05) is 19.1 Å². The molecule has 2 unspecified atom stereocenters. The number of hydrogen-bond donors (Lipinski definition) is 1. The first-order valence-corrected chi connectivity index (χ1v) is 9.53. The summed E-state index contributed by atoms with van der Waals surface area (Å²) in [6.45, 7) is 8.73. The highest BCUT2D eigenvalue weighted by molar-refractivity contribution is 5.89. The summed E-state index contributed by atoms with van der Waals surface area (Å²) in [4.78, 5) is 38.8. The number of benzene rings is 1. The third kappa shape index (κ3) is 7.63. The molecule has 1 N–H and O–H groups in total. The summed E-state index contributed by atoms with van der Waals surface area (Å²) in [5.74, 6) is -0.241. The Morgan fingerprint density at radius 2 is 1.69 bits per heavy atom. The number of carbonyl (C=O) groups excluding carboxylic acids is 3. The van der Waals surface area contributed by atoms with Crippen LogP contribution in [0.25, 0.3) is 0 Å². The van der Waals surface area contributed by atoms with Gasteiger partial charge in [-0.2, -0.15) is 0 Å². The van der Waals surface area contributed by atoms with Crippen molar-refractivity contribution in [2.75, 3.05) is 14.2 Å². The Morgan fingerprint density at radius 3 is 2.14 bits per heavy atom. The summed E-state index contributed by atoms with van der Waals surface area (Å²) in [5, 5.41) is 2.53. The number of hydrogen-bond acceptors (Lipinski definition) is 6. The topological polar surface area (TPSA) is 94.2 Å². The Labute approximate surface area is 172 Å². The summed E-state index contributed by atoms with van der Waals surface area (Å²) in [6.07, 6.45) is -0.331. The first-order chi connectivity index (χ1) is 13.5. The van der Waals surface area contributed by atoms with E-state index in [-0.39, 0.29) is 6.54 Å². The minimum absolute atomic E-state index is 0.177. The average Bonchev–Trinajstić information content (AvgIpc) is 2.65. The maximum absolute atomic E-state index is 13.1. The lowest BCUT2D eigenvalue weighted by atomic mass is 10.1. The van der Waals surface area contributed by atoms with E-state index in [1.54, 1.807) is 53.9 Å². The van der Waals surface area contributed by atoms with Crippen molar-refractivity contribution in [3.05, 3.63) is 29.8 Å². The van der Waals surface area contributed by atoms with Crippen LogP contribution in [0.2, 0.25) is 0 Å². The number of methoxy groups -OCH3 is 2. The Balaban J connectivity index is 3.05. The van der Waals surface area contributed by atoms with Crippen LogP contribution in [0.5, 0.6) is 5.75 Å². The summed E-state index contributed by atoms with van der Waals surface area (Å²) in [7, 11) is 2.85. The van der Waals surface area contributed by atoms with Gasteiger partial charge in [0.05, 0.1) is 14.2 Å². The first kappa shape index (κ1) is 24.3. The molecule has 0 radical (unpaired) electrons. The average molecular weight is 408 g/mol. The Bertz CT molecular complexity index is 696. The van der Waals surface area contributed by atoms with E-state index in [0.29, 0.717) is 12.2 Å². The van der Waals surface area contributed by atoms with Crippen molar-refractivity contribution in [2.45, 2.75) is 65.3 Å². The van der Waals surface area contributed by atoms with E-state index in [0.717, 1.165) is 5.56 Å². The molecule has 0 aromatic heterocycles. The van der Waals surface area contributed by atoms with Gasteiger partial charge in [-0.25, -0.2) is 9.59 Å². The quantitative estimate of drug-likeness (QED) is 0.665. The van der Waals surface area contributed by atoms with E-state index in [4.69, 9.17) is 14.2 Å². The van der Waals surface area contributed by atoms with Crippen molar-refractivity contribution in [3.63, 3.8) is 0 Å². The van der Waals surface area contributed by atoms with Crippen molar-refractivity contribution in [1.29, 1.82) is 0 Å². The van der Waals surface area contributed by atoms with Crippen LogP contribution in [0.1, 0.15) is 46.6 Å². The van der Waals surface area contributed by atoms with Crippen molar-refractivity contribution in [1.82, 2.24) is 10.2 Å². The molecule has 1 aromatic carbocycles. The normalized spacial score (nSPS) is 13.1. The Kier molecular flexibility index (Phi) is 8.94. The largest absolute Gasteiger partial charge is 0.497 e. The molecule has 1 aromatic rings. The minimum Gasteiger partial charge on any atom is -0.497 e. The van der Waals surface area contributed by atoms with E-state index in [1.165, 1.54) is 12.0 Å². The molecular weight excluding hydrogens is 376 g/mol. The number of rotatable bonds is 8. The second kappa shape index (κ2) is 10.7. The molecule has 0 aliphatic carbocycles. The maximum Gasteiger partial charge on any atom is 0.408 e. The summed E-state index contributed by atoms with van der Waals surface area (Å²) in [6, 6.07) is 5.52. The molecule has 0 saturated heterocycles. The smallest absolute Gasteiger partial charge is 0.408 e. The van der Waals surface area contributed by atoms with Crippen molar-refractivity contribution in [2.24, 2.45) is 0 Å². The van der Waals surface area contributed by atoms with E-state index in [9.17, 15) is 14.4 Å². The summed E-state index contributed by atoms with van der Waals surface area (Å²) >= 11 is 0. The van der Waals surface area contributed by atoms with Gasteiger partial charge in [-0.15, -0.1) is 0 Å². The van der Waals surface area contributed by atoms with E-state index in [2.05, 4.69) is 5.32 Å². The SMILES string of the molecule is CCC(C(=O)OC)N(Cc1ccc(OC)cc1)C(=O)C(C)NC(=O)OC(C)(C)C. The van der Waals surface area contributed by atoms with E-state index < -0.39 is 35.7 Å². The highest BCUT2D eigenvalue weighted by Gasteiger charge is 2.33. The zero-order valence-electron chi connectivity index (χ0n) is 18.3. The van der Waals surface area contributed by atoms with Gasteiger partial charge >= 0.3 is 12.1 Å². The molecule has 2 amide bonds. The predicted octanol–water partition coefficient (Wildman–Crippen LogP) is 2.89. The highest BCUT2D eigenvalue weighted by Crippen LogP contribution is 2.17. The van der Waals surface area contributed by atoms with Crippen LogP contribution in [-0.4, -0.2) is 54.8 Å². The molecule has 29 heavy (non-hydrogen) atoms. The number of esters is 1. The van der Waals surface area contributed by atoms with E-state index >= 15 is 0 Å². The molecule has 0 aliphatic rings. The van der Waals surface area contributed by atoms with Crippen LogP contribution < -0.4 is 10.1 Å². The molecule has 8 heteroatoms. The highest BCUT2D eigenvalue weighted by atomic mass is 16.6. The number of amides is 2. The zero-order valence-corrected chi connectivity index (χ0v) is 18.3. The molecule has 0 saturated carbocycles. The molecule has 162 valence electrons. The van der Waals surface area contributed by atoms with Crippen LogP contribution >= 0.6 is 0 Å². The standard InChI is InChI=1S/C21H32N2O6/c1-8-17(19(25)28-7)23(13-15-9-11-16(27-6)12-10-15)18(24)14(2)22-20(26)29-21(3,4)5/h9-12,14,17H,8,13H2,1-7H3,(H,22,26). The minimum atomic E-state index is -0.887. The Hall–Kier alpha value is -2.77. The first-order valence-electron chi connectivity index (χ1n) is 9.53. The number of carbonyl (C=O) groups is 3. The lowest BCUT2D eigenvalue weighted by Crippen LogP contribution is -2.53. The molecule has 0 heterocycles. The molecule has 0 spiro atoms. The number of alkyl carbamates (subject to hydrolysis) is 1. The summed E-state index contributed by atoms with van der Waals surface area (Å²) in [5.41, 5.74) is 0.124. The third-order valence-corrected chi connectivity index (χ3v) is 4.13. The number of nitrogens with one attached hydrogen (secondary N) is 1.